The Morgan fingerprint density at radius 3 is 2.55 bits per heavy atom. The first kappa shape index (κ1) is 13.8. The fourth-order valence-corrected chi connectivity index (χ4v) is 2.40. The number of aromatic nitrogens is 2. The molecule has 2 heterocycles. The second-order valence-corrected chi connectivity index (χ2v) is 4.92. The van der Waals surface area contributed by atoms with Crippen LogP contribution in [0, 0.1) is 17.1 Å². The summed E-state index contributed by atoms with van der Waals surface area (Å²) in [5.74, 6) is -0.345. The van der Waals surface area contributed by atoms with Crippen molar-refractivity contribution >= 4 is 0 Å². The van der Waals surface area contributed by atoms with Crippen molar-refractivity contribution in [2.45, 2.75) is 0 Å². The third-order valence-electron chi connectivity index (χ3n) is 3.52. The number of rotatable bonds is 2. The molecule has 0 unspecified atom stereocenters. The van der Waals surface area contributed by atoms with Crippen molar-refractivity contribution in [1.29, 1.82) is 5.26 Å². The van der Waals surface area contributed by atoms with E-state index in [4.69, 9.17) is 0 Å². The molecule has 0 aliphatic heterocycles. The molecule has 0 saturated heterocycles. The predicted molar refractivity (Wildman–Crippen MR) is 81.6 cm³/mol. The third-order valence-corrected chi connectivity index (χ3v) is 3.52. The molecule has 1 N–H and O–H groups in total. The van der Waals surface area contributed by atoms with Crippen molar-refractivity contribution in [3.63, 3.8) is 0 Å². The molecule has 3 rings (SSSR count). The maximum Gasteiger partial charge on any atom is 0.267 e. The lowest BCUT2D eigenvalue weighted by molar-refractivity contribution is 0.628. The molecule has 0 amide bonds. The molecular weight excluding hydrogens is 281 g/mol. The maximum absolute atomic E-state index is 13.0. The van der Waals surface area contributed by atoms with Crippen LogP contribution in [0.15, 0.2) is 53.5 Å². The van der Waals surface area contributed by atoms with Gasteiger partial charge in [-0.15, -0.1) is 0 Å². The molecule has 3 aromatic rings. The largest absolute Gasteiger partial charge is 0.351 e. The highest BCUT2D eigenvalue weighted by Crippen LogP contribution is 2.26. The molecular formula is C17H12FN3O. The van der Waals surface area contributed by atoms with Crippen molar-refractivity contribution < 1.29 is 4.39 Å². The predicted octanol–water partition coefficient (Wildman–Crippen LogP) is 3.06. The molecule has 0 aliphatic carbocycles. The Bertz CT molecular complexity index is 930. The van der Waals surface area contributed by atoms with Gasteiger partial charge in [0.2, 0.25) is 0 Å². The highest BCUT2D eigenvalue weighted by Gasteiger charge is 2.14. The quantitative estimate of drug-likeness (QED) is 0.789. The van der Waals surface area contributed by atoms with Crippen molar-refractivity contribution in [2.24, 2.45) is 7.05 Å². The van der Waals surface area contributed by atoms with E-state index in [1.54, 1.807) is 18.2 Å². The molecule has 0 fully saturated rings. The Balaban J connectivity index is 2.26. The van der Waals surface area contributed by atoms with Crippen molar-refractivity contribution in [1.82, 2.24) is 9.55 Å². The number of aromatic amines is 1. The number of nitrogens with zero attached hydrogens (tertiary/aromatic N) is 2. The van der Waals surface area contributed by atoms with Crippen LogP contribution in [0.5, 0.6) is 0 Å². The zero-order chi connectivity index (χ0) is 15.7. The number of halogens is 1. The van der Waals surface area contributed by atoms with E-state index in [0.29, 0.717) is 16.8 Å². The van der Waals surface area contributed by atoms with E-state index in [0.717, 1.165) is 5.69 Å². The molecule has 5 heteroatoms. The number of hydrogen-bond acceptors (Lipinski definition) is 2. The first-order chi connectivity index (χ1) is 10.6. The van der Waals surface area contributed by atoms with Gasteiger partial charge in [-0.05, 0) is 48.0 Å². The summed E-state index contributed by atoms with van der Waals surface area (Å²) in [5, 5.41) is 9.26. The Kier molecular flexibility index (Phi) is 3.36. The van der Waals surface area contributed by atoms with Crippen molar-refractivity contribution in [2.75, 3.05) is 0 Å². The lowest BCUT2D eigenvalue weighted by Gasteiger charge is -2.09. The molecule has 0 spiro atoms. The van der Waals surface area contributed by atoms with Crippen LogP contribution < -0.4 is 5.56 Å². The topological polar surface area (TPSA) is 61.6 Å². The standard InChI is InChI=1S/C17H12FN3O/c1-21-8-2-3-16(21)13-9-15(20-17(22)14(13)10-19)11-4-6-12(18)7-5-11/h2-9H,1H3,(H,20,22). The number of H-pyrrole nitrogens is 1. The van der Waals surface area contributed by atoms with Crippen LogP contribution in [0.4, 0.5) is 4.39 Å². The summed E-state index contributed by atoms with van der Waals surface area (Å²) < 4.78 is 14.9. The minimum Gasteiger partial charge on any atom is -0.351 e. The monoisotopic (exact) mass is 293 g/mol. The lowest BCUT2D eigenvalue weighted by atomic mass is 10.0. The molecule has 2 aromatic heterocycles. The van der Waals surface area contributed by atoms with Gasteiger partial charge in [-0.3, -0.25) is 4.79 Å². The third kappa shape index (κ3) is 2.31. The average molecular weight is 293 g/mol. The number of aryl methyl sites for hydroxylation is 1. The number of hydrogen-bond donors (Lipinski definition) is 1. The zero-order valence-corrected chi connectivity index (χ0v) is 11.8. The molecule has 0 saturated carbocycles. The van der Waals surface area contributed by atoms with Gasteiger partial charge < -0.3 is 9.55 Å². The highest BCUT2D eigenvalue weighted by atomic mass is 19.1. The Labute approximate surface area is 126 Å². The van der Waals surface area contributed by atoms with Crippen molar-refractivity contribution in [3.8, 4) is 28.6 Å². The van der Waals surface area contributed by atoms with E-state index in [2.05, 4.69) is 4.98 Å². The van der Waals surface area contributed by atoms with Gasteiger partial charge in [0.1, 0.15) is 17.4 Å². The van der Waals surface area contributed by atoms with Crippen LogP contribution in [0.2, 0.25) is 0 Å². The molecule has 0 atom stereocenters. The molecule has 4 nitrogen and oxygen atoms in total. The number of benzene rings is 1. The summed E-state index contributed by atoms with van der Waals surface area (Å²) >= 11 is 0. The summed E-state index contributed by atoms with van der Waals surface area (Å²) in [5.41, 5.74) is 2.15. The van der Waals surface area contributed by atoms with Gasteiger partial charge in [-0.25, -0.2) is 4.39 Å². The Morgan fingerprint density at radius 1 is 1.23 bits per heavy atom. The van der Waals surface area contributed by atoms with E-state index in [1.807, 2.05) is 36.0 Å². The lowest BCUT2D eigenvalue weighted by Crippen LogP contribution is -2.13. The van der Waals surface area contributed by atoms with E-state index in [1.165, 1.54) is 12.1 Å². The van der Waals surface area contributed by atoms with E-state index < -0.39 is 5.56 Å². The molecule has 1 aromatic carbocycles. The minimum atomic E-state index is -0.458. The van der Waals surface area contributed by atoms with Crippen LogP contribution in [0.3, 0.4) is 0 Å². The number of nitriles is 1. The fourth-order valence-electron chi connectivity index (χ4n) is 2.40. The first-order valence-electron chi connectivity index (χ1n) is 6.65. The van der Waals surface area contributed by atoms with E-state index >= 15 is 0 Å². The smallest absolute Gasteiger partial charge is 0.267 e. The van der Waals surface area contributed by atoms with E-state index in [9.17, 15) is 14.4 Å². The Hall–Kier alpha value is -3.13. The van der Waals surface area contributed by atoms with Gasteiger partial charge in [0.25, 0.3) is 5.56 Å². The van der Waals surface area contributed by atoms with Crippen LogP contribution in [0.25, 0.3) is 22.5 Å². The summed E-state index contributed by atoms with van der Waals surface area (Å²) in [6.45, 7) is 0. The average Bonchev–Trinajstić information content (AvgIpc) is 2.93. The minimum absolute atomic E-state index is 0.0626. The van der Waals surface area contributed by atoms with Crippen LogP contribution >= 0.6 is 0 Å². The molecule has 108 valence electrons. The van der Waals surface area contributed by atoms with Gasteiger partial charge in [0.15, 0.2) is 0 Å². The van der Waals surface area contributed by atoms with Gasteiger partial charge in [0.05, 0.1) is 0 Å². The summed E-state index contributed by atoms with van der Waals surface area (Å²) in [4.78, 5) is 14.9. The number of pyridine rings is 1. The molecule has 0 bridgehead atoms. The summed E-state index contributed by atoms with van der Waals surface area (Å²) in [7, 11) is 1.84. The second-order valence-electron chi connectivity index (χ2n) is 4.92. The van der Waals surface area contributed by atoms with Crippen LogP contribution in [-0.2, 0) is 7.05 Å². The highest BCUT2D eigenvalue weighted by molar-refractivity contribution is 5.73. The molecule has 0 radical (unpaired) electrons. The van der Waals surface area contributed by atoms with Gasteiger partial charge in [0, 0.05) is 30.2 Å². The van der Waals surface area contributed by atoms with Crippen LogP contribution in [-0.4, -0.2) is 9.55 Å². The van der Waals surface area contributed by atoms with Crippen molar-refractivity contribution in [3.05, 3.63) is 70.4 Å². The fraction of sp³-hybridized carbons (Fsp3) is 0.0588. The second kappa shape index (κ2) is 5.34. The maximum atomic E-state index is 13.0. The number of nitrogens with one attached hydrogen (secondary N) is 1. The first-order valence-corrected chi connectivity index (χ1v) is 6.65. The summed E-state index contributed by atoms with van der Waals surface area (Å²) in [6.07, 6.45) is 1.84. The van der Waals surface area contributed by atoms with Gasteiger partial charge in [-0.2, -0.15) is 5.26 Å². The van der Waals surface area contributed by atoms with Gasteiger partial charge in [-0.1, -0.05) is 0 Å². The van der Waals surface area contributed by atoms with E-state index in [-0.39, 0.29) is 11.4 Å². The Morgan fingerprint density at radius 2 is 1.95 bits per heavy atom. The summed E-state index contributed by atoms with van der Waals surface area (Å²) in [6, 6.07) is 13.2. The van der Waals surface area contributed by atoms with Crippen LogP contribution in [0.1, 0.15) is 5.56 Å². The molecule has 0 aliphatic rings. The normalized spacial score (nSPS) is 10.4. The van der Waals surface area contributed by atoms with Gasteiger partial charge >= 0.3 is 0 Å². The zero-order valence-electron chi connectivity index (χ0n) is 11.8. The SMILES string of the molecule is Cn1cccc1-c1cc(-c2ccc(F)cc2)[nH]c(=O)c1C#N. The molecule has 22 heavy (non-hydrogen) atoms.